The minimum absolute atomic E-state index is 0.447. The Morgan fingerprint density at radius 3 is 2.73 bits per heavy atom. The molecule has 0 aliphatic heterocycles. The van der Waals surface area contributed by atoms with Gasteiger partial charge < -0.3 is 5.73 Å². The molecule has 0 fully saturated rings. The quantitative estimate of drug-likeness (QED) is 0.656. The fraction of sp³-hybridized carbons (Fsp3) is 0.286. The highest BCUT2D eigenvalue weighted by molar-refractivity contribution is 7.80. The van der Waals surface area contributed by atoms with Gasteiger partial charge in [-0.05, 0) is 6.92 Å². The Morgan fingerprint density at radius 1 is 1.55 bits per heavy atom. The highest BCUT2D eigenvalue weighted by Crippen LogP contribution is 1.94. The van der Waals surface area contributed by atoms with Gasteiger partial charge in [0.2, 0.25) is 0 Å². The largest absolute Gasteiger partial charge is 0.393 e. The fourth-order valence-electron chi connectivity index (χ4n) is 0.689. The van der Waals surface area contributed by atoms with Gasteiger partial charge in [-0.15, -0.1) is 0 Å². The molecule has 0 aromatic carbocycles. The van der Waals surface area contributed by atoms with Crippen LogP contribution in [-0.2, 0) is 6.42 Å². The van der Waals surface area contributed by atoms with Gasteiger partial charge in [-0.25, -0.2) is 0 Å². The van der Waals surface area contributed by atoms with Crippen LogP contribution in [0, 0.1) is 6.92 Å². The van der Waals surface area contributed by atoms with E-state index in [2.05, 4.69) is 9.97 Å². The molecule has 58 valence electrons. The molecule has 0 bridgehead atoms. The minimum atomic E-state index is 0.447. The number of nitrogens with zero attached hydrogens (tertiary/aromatic N) is 2. The van der Waals surface area contributed by atoms with E-state index in [-0.39, 0.29) is 0 Å². The summed E-state index contributed by atoms with van der Waals surface area (Å²) >= 11 is 4.72. The zero-order chi connectivity index (χ0) is 8.27. The molecule has 0 saturated carbocycles. The Balaban J connectivity index is 2.74. The van der Waals surface area contributed by atoms with Gasteiger partial charge in [-0.1, -0.05) is 12.2 Å². The molecule has 0 aliphatic rings. The molecule has 0 spiro atoms. The molecule has 0 unspecified atom stereocenters. The summed E-state index contributed by atoms with van der Waals surface area (Å²) < 4.78 is 0. The molecule has 11 heavy (non-hydrogen) atoms. The molecule has 1 aromatic rings. The first-order chi connectivity index (χ1) is 5.18. The maximum atomic E-state index is 5.33. The van der Waals surface area contributed by atoms with Crippen LogP contribution in [0.1, 0.15) is 11.4 Å². The molecule has 2 N–H and O–H groups in total. The van der Waals surface area contributed by atoms with Crippen LogP contribution in [0.3, 0.4) is 0 Å². The predicted octanol–water partition coefficient (Wildman–Crippen LogP) is 0.614. The number of aromatic nitrogens is 2. The Kier molecular flexibility index (Phi) is 2.48. The van der Waals surface area contributed by atoms with Crippen LogP contribution >= 0.6 is 12.2 Å². The molecule has 1 heterocycles. The molecule has 0 amide bonds. The zero-order valence-corrected chi connectivity index (χ0v) is 7.06. The molecule has 0 radical (unpaired) electrons. The van der Waals surface area contributed by atoms with E-state index in [0.29, 0.717) is 11.4 Å². The third-order valence-electron chi connectivity index (χ3n) is 1.19. The molecule has 1 rings (SSSR count). The van der Waals surface area contributed by atoms with Gasteiger partial charge in [-0.2, -0.15) is 0 Å². The van der Waals surface area contributed by atoms with Crippen molar-refractivity contribution in [1.29, 1.82) is 0 Å². The monoisotopic (exact) mass is 167 g/mol. The van der Waals surface area contributed by atoms with Gasteiger partial charge in [0.25, 0.3) is 0 Å². The Bertz CT molecular complexity index is 255. The molecule has 1 aromatic heterocycles. The van der Waals surface area contributed by atoms with Crippen molar-refractivity contribution in [1.82, 2.24) is 9.97 Å². The molecule has 0 aliphatic carbocycles. The first kappa shape index (κ1) is 8.07. The number of aryl methyl sites for hydroxylation is 1. The predicted molar refractivity (Wildman–Crippen MR) is 47.3 cm³/mol. The maximum Gasteiger partial charge on any atom is 0.0788 e. The number of hydrogen-bond donors (Lipinski definition) is 1. The number of nitrogens with two attached hydrogens (primary N) is 1. The average Bonchev–Trinajstić information content (AvgIpc) is 1.93. The standard InChI is InChI=1S/C7H9N3S/c1-5-3-10-6(4-9-5)2-7(8)11/h3-4H,2H2,1H3,(H2,8,11). The molecule has 0 saturated heterocycles. The topological polar surface area (TPSA) is 51.8 Å². The summed E-state index contributed by atoms with van der Waals surface area (Å²) in [5.41, 5.74) is 7.05. The number of rotatable bonds is 2. The van der Waals surface area contributed by atoms with E-state index in [1.165, 1.54) is 0 Å². The van der Waals surface area contributed by atoms with E-state index in [1.54, 1.807) is 12.4 Å². The lowest BCUT2D eigenvalue weighted by Crippen LogP contribution is -2.12. The minimum Gasteiger partial charge on any atom is -0.393 e. The molecule has 3 nitrogen and oxygen atoms in total. The van der Waals surface area contributed by atoms with Gasteiger partial charge >= 0.3 is 0 Å². The Labute approximate surface area is 70.7 Å². The lowest BCUT2D eigenvalue weighted by Gasteiger charge is -1.96. The molecule has 4 heteroatoms. The van der Waals surface area contributed by atoms with Crippen LogP contribution in [0.4, 0.5) is 0 Å². The van der Waals surface area contributed by atoms with Crippen LogP contribution in [0.25, 0.3) is 0 Å². The van der Waals surface area contributed by atoms with Crippen molar-refractivity contribution in [3.05, 3.63) is 23.8 Å². The molecular formula is C7H9N3S. The van der Waals surface area contributed by atoms with E-state index in [1.807, 2.05) is 6.92 Å². The second-order valence-electron chi connectivity index (χ2n) is 2.29. The van der Waals surface area contributed by atoms with E-state index < -0.39 is 0 Å². The van der Waals surface area contributed by atoms with E-state index in [4.69, 9.17) is 18.0 Å². The first-order valence-electron chi connectivity index (χ1n) is 3.24. The Hall–Kier alpha value is -1.03. The van der Waals surface area contributed by atoms with E-state index >= 15 is 0 Å². The summed E-state index contributed by atoms with van der Waals surface area (Å²) in [5, 5.41) is 0. The van der Waals surface area contributed by atoms with Crippen molar-refractivity contribution in [3.8, 4) is 0 Å². The van der Waals surface area contributed by atoms with Crippen LogP contribution in [0.2, 0.25) is 0 Å². The summed E-state index contributed by atoms with van der Waals surface area (Å²) in [4.78, 5) is 8.59. The van der Waals surface area contributed by atoms with Crippen molar-refractivity contribution in [3.63, 3.8) is 0 Å². The van der Waals surface area contributed by atoms with E-state index in [9.17, 15) is 0 Å². The summed E-state index contributed by atoms with van der Waals surface area (Å²) in [6.07, 6.45) is 3.92. The Morgan fingerprint density at radius 2 is 2.27 bits per heavy atom. The SMILES string of the molecule is Cc1cnc(CC(N)=S)cn1. The fourth-order valence-corrected chi connectivity index (χ4v) is 0.837. The summed E-state index contributed by atoms with van der Waals surface area (Å²) in [7, 11) is 0. The third-order valence-corrected chi connectivity index (χ3v) is 1.33. The normalized spacial score (nSPS) is 9.55. The highest BCUT2D eigenvalue weighted by atomic mass is 32.1. The van der Waals surface area contributed by atoms with Gasteiger partial charge in [0.05, 0.1) is 16.4 Å². The summed E-state index contributed by atoms with van der Waals surface area (Å²) in [6.45, 7) is 1.89. The third kappa shape index (κ3) is 2.59. The molecule has 0 atom stereocenters. The van der Waals surface area contributed by atoms with Crippen molar-refractivity contribution >= 4 is 17.2 Å². The number of thiocarbonyl (C=S) groups is 1. The lowest BCUT2D eigenvalue weighted by atomic mass is 10.3. The van der Waals surface area contributed by atoms with Gasteiger partial charge in [0.15, 0.2) is 0 Å². The van der Waals surface area contributed by atoms with E-state index in [0.717, 1.165) is 11.4 Å². The van der Waals surface area contributed by atoms with Crippen molar-refractivity contribution in [2.75, 3.05) is 0 Å². The van der Waals surface area contributed by atoms with Crippen LogP contribution in [0.15, 0.2) is 12.4 Å². The second-order valence-corrected chi connectivity index (χ2v) is 2.82. The zero-order valence-electron chi connectivity index (χ0n) is 6.24. The van der Waals surface area contributed by atoms with Gasteiger partial charge in [-0.3, -0.25) is 9.97 Å². The average molecular weight is 167 g/mol. The van der Waals surface area contributed by atoms with Crippen molar-refractivity contribution < 1.29 is 0 Å². The smallest absolute Gasteiger partial charge is 0.0788 e. The molecular weight excluding hydrogens is 158 g/mol. The van der Waals surface area contributed by atoms with Crippen molar-refractivity contribution in [2.45, 2.75) is 13.3 Å². The lowest BCUT2D eigenvalue weighted by molar-refractivity contribution is 1.04. The van der Waals surface area contributed by atoms with Gasteiger partial charge in [0.1, 0.15) is 0 Å². The first-order valence-corrected chi connectivity index (χ1v) is 3.65. The number of hydrogen-bond acceptors (Lipinski definition) is 3. The van der Waals surface area contributed by atoms with Crippen LogP contribution in [-0.4, -0.2) is 15.0 Å². The van der Waals surface area contributed by atoms with Crippen molar-refractivity contribution in [2.24, 2.45) is 5.73 Å². The highest BCUT2D eigenvalue weighted by Gasteiger charge is 1.95. The summed E-state index contributed by atoms with van der Waals surface area (Å²) in [5.74, 6) is 0. The summed E-state index contributed by atoms with van der Waals surface area (Å²) in [6, 6.07) is 0. The second kappa shape index (κ2) is 3.39. The maximum absolute atomic E-state index is 5.33. The van der Waals surface area contributed by atoms with Gasteiger partial charge in [0, 0.05) is 18.8 Å². The van der Waals surface area contributed by atoms with Crippen LogP contribution in [0.5, 0.6) is 0 Å². The van der Waals surface area contributed by atoms with Crippen LogP contribution < -0.4 is 5.73 Å².